The molecule has 1 heterocycles. The minimum Gasteiger partial charge on any atom is -0.361 e. The van der Waals surface area contributed by atoms with Gasteiger partial charge in [-0.25, -0.2) is 4.98 Å². The molecule has 0 atom stereocenters. The van der Waals surface area contributed by atoms with Gasteiger partial charge in [-0.05, 0) is 25.8 Å². The minimum absolute atomic E-state index is 0.128. The summed E-state index contributed by atoms with van der Waals surface area (Å²) in [4.78, 5) is 15.8. The van der Waals surface area contributed by atoms with Crippen molar-refractivity contribution in [3.05, 3.63) is 50.5 Å². The Labute approximate surface area is 115 Å². The largest absolute Gasteiger partial charge is 0.361 e. The highest BCUT2D eigenvalue weighted by Crippen LogP contribution is 2.21. The molecule has 0 unspecified atom stereocenters. The summed E-state index contributed by atoms with van der Waals surface area (Å²) in [6.45, 7) is 4.81. The summed E-state index contributed by atoms with van der Waals surface area (Å²) in [7, 11) is 0. The van der Waals surface area contributed by atoms with Crippen molar-refractivity contribution in [2.45, 2.75) is 20.3 Å². The number of aromatic nitrogens is 1. The molecule has 0 aliphatic rings. The van der Waals surface area contributed by atoms with E-state index in [1.165, 1.54) is 17.0 Å². The number of nitro benzene ring substituents is 1. The summed E-state index contributed by atoms with van der Waals surface area (Å²) in [6.07, 6.45) is 0.815. The molecule has 19 heavy (non-hydrogen) atoms. The third-order valence-corrected chi connectivity index (χ3v) is 3.90. The van der Waals surface area contributed by atoms with Crippen LogP contribution in [-0.4, -0.2) is 16.5 Å². The van der Waals surface area contributed by atoms with Gasteiger partial charge >= 0.3 is 0 Å². The number of nitrogens with zero attached hydrogens (tertiary/aromatic N) is 2. The van der Waals surface area contributed by atoms with Gasteiger partial charge in [0.2, 0.25) is 0 Å². The van der Waals surface area contributed by atoms with Gasteiger partial charge in [0.15, 0.2) is 5.13 Å². The molecule has 0 saturated carbocycles. The standard InChI is InChI=1S/C13H15N3O2S/c1-9-10(2)19-13(15-9)14-8-7-11-3-5-12(6-4-11)16(17)18/h3-6H,7-8H2,1-2H3,(H,14,15). The quantitative estimate of drug-likeness (QED) is 0.672. The zero-order valence-electron chi connectivity index (χ0n) is 10.8. The van der Waals surface area contributed by atoms with Crippen LogP contribution in [0.25, 0.3) is 0 Å². The number of aryl methyl sites for hydroxylation is 2. The Hall–Kier alpha value is -1.95. The molecule has 100 valence electrons. The normalized spacial score (nSPS) is 10.4. The van der Waals surface area contributed by atoms with Crippen LogP contribution in [-0.2, 0) is 6.42 Å². The number of non-ortho nitro benzene ring substituents is 1. The summed E-state index contributed by atoms with van der Waals surface area (Å²) in [5, 5.41) is 14.7. The highest BCUT2D eigenvalue weighted by atomic mass is 32.1. The van der Waals surface area contributed by atoms with Crippen molar-refractivity contribution in [1.82, 2.24) is 4.98 Å². The molecular formula is C13H15N3O2S. The second kappa shape index (κ2) is 5.79. The van der Waals surface area contributed by atoms with E-state index in [1.807, 2.05) is 6.92 Å². The van der Waals surface area contributed by atoms with E-state index in [9.17, 15) is 10.1 Å². The molecule has 1 N–H and O–H groups in total. The van der Waals surface area contributed by atoms with E-state index in [4.69, 9.17) is 0 Å². The minimum atomic E-state index is -0.386. The summed E-state index contributed by atoms with van der Waals surface area (Å²) in [6, 6.07) is 6.65. The van der Waals surface area contributed by atoms with Crippen LogP contribution in [0.4, 0.5) is 10.8 Å². The molecule has 0 spiro atoms. The number of anilines is 1. The molecule has 0 fully saturated rings. The molecule has 0 amide bonds. The Bertz CT molecular complexity index is 559. The number of nitrogens with one attached hydrogen (secondary N) is 1. The Morgan fingerprint density at radius 1 is 1.32 bits per heavy atom. The highest BCUT2D eigenvalue weighted by molar-refractivity contribution is 7.15. The topological polar surface area (TPSA) is 68.1 Å². The Morgan fingerprint density at radius 3 is 2.53 bits per heavy atom. The van der Waals surface area contributed by atoms with Crippen LogP contribution in [0.2, 0.25) is 0 Å². The number of hydrogen-bond donors (Lipinski definition) is 1. The maximum absolute atomic E-state index is 10.5. The number of nitro groups is 1. The van der Waals surface area contributed by atoms with E-state index in [0.717, 1.165) is 29.4 Å². The summed E-state index contributed by atoms with van der Waals surface area (Å²) < 4.78 is 0. The van der Waals surface area contributed by atoms with Crippen molar-refractivity contribution in [3.63, 3.8) is 0 Å². The van der Waals surface area contributed by atoms with Gasteiger partial charge in [0.25, 0.3) is 5.69 Å². The Balaban J connectivity index is 1.87. The third-order valence-electron chi connectivity index (χ3n) is 2.87. The Kier molecular flexibility index (Phi) is 4.11. The number of hydrogen-bond acceptors (Lipinski definition) is 5. The van der Waals surface area contributed by atoms with Crippen LogP contribution in [0.15, 0.2) is 24.3 Å². The molecule has 5 nitrogen and oxygen atoms in total. The van der Waals surface area contributed by atoms with Crippen molar-refractivity contribution >= 4 is 22.2 Å². The molecule has 0 aliphatic carbocycles. The number of thiazole rings is 1. The maximum Gasteiger partial charge on any atom is 0.269 e. The maximum atomic E-state index is 10.5. The van der Waals surface area contributed by atoms with E-state index in [-0.39, 0.29) is 10.6 Å². The van der Waals surface area contributed by atoms with E-state index in [1.54, 1.807) is 23.5 Å². The molecule has 0 saturated heterocycles. The Morgan fingerprint density at radius 2 is 2.00 bits per heavy atom. The second-order valence-electron chi connectivity index (χ2n) is 4.26. The van der Waals surface area contributed by atoms with Crippen molar-refractivity contribution in [3.8, 4) is 0 Å². The molecule has 2 rings (SSSR count). The molecular weight excluding hydrogens is 262 g/mol. The summed E-state index contributed by atoms with van der Waals surface area (Å²) >= 11 is 1.64. The summed E-state index contributed by atoms with van der Waals surface area (Å²) in [5.74, 6) is 0. The van der Waals surface area contributed by atoms with Crippen LogP contribution in [0.3, 0.4) is 0 Å². The van der Waals surface area contributed by atoms with Gasteiger partial charge in [-0.15, -0.1) is 11.3 Å². The van der Waals surface area contributed by atoms with Crippen LogP contribution >= 0.6 is 11.3 Å². The van der Waals surface area contributed by atoms with Crippen molar-refractivity contribution in [2.75, 3.05) is 11.9 Å². The lowest BCUT2D eigenvalue weighted by molar-refractivity contribution is -0.384. The van der Waals surface area contributed by atoms with Gasteiger partial charge in [0, 0.05) is 23.6 Å². The highest BCUT2D eigenvalue weighted by Gasteiger charge is 2.05. The molecule has 0 bridgehead atoms. The fraction of sp³-hybridized carbons (Fsp3) is 0.308. The second-order valence-corrected chi connectivity index (χ2v) is 5.46. The predicted octanol–water partition coefficient (Wildman–Crippen LogP) is 3.32. The van der Waals surface area contributed by atoms with E-state index < -0.39 is 0 Å². The number of rotatable bonds is 5. The van der Waals surface area contributed by atoms with Crippen molar-refractivity contribution in [1.29, 1.82) is 0 Å². The summed E-state index contributed by atoms with van der Waals surface area (Å²) in [5.41, 5.74) is 2.26. The SMILES string of the molecule is Cc1nc(NCCc2ccc([N+](=O)[O-])cc2)sc1C. The van der Waals surface area contributed by atoms with Crippen LogP contribution in [0.5, 0.6) is 0 Å². The average molecular weight is 277 g/mol. The molecule has 0 aliphatic heterocycles. The van der Waals surface area contributed by atoms with Gasteiger partial charge in [-0.2, -0.15) is 0 Å². The lowest BCUT2D eigenvalue weighted by Gasteiger charge is -2.02. The van der Waals surface area contributed by atoms with Crippen molar-refractivity contribution in [2.24, 2.45) is 0 Å². The van der Waals surface area contributed by atoms with Gasteiger partial charge in [0.05, 0.1) is 10.6 Å². The van der Waals surface area contributed by atoms with Crippen LogP contribution < -0.4 is 5.32 Å². The first-order valence-electron chi connectivity index (χ1n) is 5.97. The first-order valence-corrected chi connectivity index (χ1v) is 6.79. The average Bonchev–Trinajstić information content (AvgIpc) is 2.69. The van der Waals surface area contributed by atoms with E-state index >= 15 is 0 Å². The predicted molar refractivity (Wildman–Crippen MR) is 76.9 cm³/mol. The molecule has 2 aromatic rings. The lowest BCUT2D eigenvalue weighted by Crippen LogP contribution is -2.04. The van der Waals surface area contributed by atoms with Gasteiger partial charge in [-0.3, -0.25) is 10.1 Å². The van der Waals surface area contributed by atoms with Gasteiger partial charge in [0.1, 0.15) is 0 Å². The molecule has 0 radical (unpaired) electrons. The van der Waals surface area contributed by atoms with E-state index in [0.29, 0.717) is 0 Å². The lowest BCUT2D eigenvalue weighted by atomic mass is 10.1. The van der Waals surface area contributed by atoms with Gasteiger partial charge < -0.3 is 5.32 Å². The molecule has 1 aromatic carbocycles. The zero-order valence-corrected chi connectivity index (χ0v) is 11.7. The monoisotopic (exact) mass is 277 g/mol. The smallest absolute Gasteiger partial charge is 0.269 e. The fourth-order valence-corrected chi connectivity index (χ4v) is 2.49. The molecule has 6 heteroatoms. The van der Waals surface area contributed by atoms with E-state index in [2.05, 4.69) is 17.2 Å². The first-order chi connectivity index (χ1) is 9.06. The number of benzene rings is 1. The zero-order chi connectivity index (χ0) is 13.8. The van der Waals surface area contributed by atoms with Crippen LogP contribution in [0.1, 0.15) is 16.1 Å². The van der Waals surface area contributed by atoms with Crippen molar-refractivity contribution < 1.29 is 4.92 Å². The molecule has 1 aromatic heterocycles. The fourth-order valence-electron chi connectivity index (χ4n) is 1.65. The van der Waals surface area contributed by atoms with Gasteiger partial charge in [-0.1, -0.05) is 12.1 Å². The third kappa shape index (κ3) is 3.51. The first kappa shape index (κ1) is 13.5. The van der Waals surface area contributed by atoms with Crippen LogP contribution in [0, 0.1) is 24.0 Å².